The molecule has 0 aromatic rings. The van der Waals surface area contributed by atoms with Crippen LogP contribution in [0, 0.1) is 13.8 Å². The topological polar surface area (TPSA) is 0 Å². The number of benzene rings is 2. The predicted molar refractivity (Wildman–Crippen MR) is 86.8 cm³/mol. The maximum atomic E-state index is 2.20. The molecule has 4 aliphatic rings. The van der Waals surface area contributed by atoms with Crippen molar-refractivity contribution >= 4 is 0 Å². The predicted octanol–water partition coefficient (Wildman–Crippen LogP) is 5.63. The first-order valence-electron chi connectivity index (χ1n) is 6.96. The molecule has 0 heterocycles. The first kappa shape index (κ1) is 15.6. The first-order chi connectivity index (χ1) is 9.72. The summed E-state index contributed by atoms with van der Waals surface area (Å²) in [5.41, 5.74) is 8.09. The van der Waals surface area contributed by atoms with Gasteiger partial charge in [-0.05, 0) is 13.8 Å². The largest absolute Gasteiger partial charge is 0.172 e. The molecule has 0 aliphatic heterocycles. The summed E-state index contributed by atoms with van der Waals surface area (Å²) in [4.78, 5) is 0. The Labute approximate surface area is 138 Å². The smallest absolute Gasteiger partial charge is 0 e. The fourth-order valence-corrected chi connectivity index (χ4v) is 2.61. The van der Waals surface area contributed by atoms with Gasteiger partial charge >= 0.3 is 0 Å². The van der Waals surface area contributed by atoms with E-state index in [9.17, 15) is 0 Å². The van der Waals surface area contributed by atoms with E-state index in [0.717, 1.165) is 0 Å². The summed E-state index contributed by atoms with van der Waals surface area (Å²) < 4.78 is 0. The van der Waals surface area contributed by atoms with Crippen LogP contribution >= 0.6 is 0 Å². The van der Waals surface area contributed by atoms with Crippen molar-refractivity contribution < 1.29 is 18.6 Å². The summed E-state index contributed by atoms with van der Waals surface area (Å²) in [7, 11) is 0. The molecule has 0 bridgehead atoms. The van der Waals surface area contributed by atoms with Crippen molar-refractivity contribution in [3.63, 3.8) is 0 Å². The van der Waals surface area contributed by atoms with Gasteiger partial charge in [-0.25, -0.2) is 0 Å². The molecule has 21 heavy (non-hydrogen) atoms. The molecule has 4 aliphatic carbocycles. The zero-order valence-corrected chi connectivity index (χ0v) is 13.8. The monoisotopic (exact) mass is 309 g/mol. The molecule has 0 spiro atoms. The third-order valence-electron chi connectivity index (χ3n) is 3.52. The molecule has 0 saturated carbocycles. The van der Waals surface area contributed by atoms with E-state index < -0.39 is 0 Å². The number of hydrogen-bond acceptors (Lipinski definition) is 0. The maximum Gasteiger partial charge on any atom is 0 e. The van der Waals surface area contributed by atoms with Crippen LogP contribution in [0.3, 0.4) is 0 Å². The van der Waals surface area contributed by atoms with E-state index in [2.05, 4.69) is 86.6 Å². The first-order valence-corrected chi connectivity index (χ1v) is 6.96. The Morgan fingerprint density at radius 1 is 0.619 bits per heavy atom. The molecule has 0 N–H and O–H groups in total. The standard InChI is InChI=1S/2C10H9.V/c2*1-8-6-9-4-2-3-5-10(9)7-8;/h2*2-7H,1H3;/q2*-1;. The van der Waals surface area contributed by atoms with Crippen LogP contribution in [0.15, 0.2) is 72.8 Å². The second kappa shape index (κ2) is 6.80. The molecule has 0 atom stereocenters. The zero-order chi connectivity index (χ0) is 13.9. The number of fused-ring (bicyclic) bond motifs is 2. The van der Waals surface area contributed by atoms with E-state index in [0.29, 0.717) is 0 Å². The van der Waals surface area contributed by atoms with Crippen LogP contribution in [0.5, 0.6) is 0 Å². The van der Waals surface area contributed by atoms with Crippen molar-refractivity contribution in [3.8, 4) is 22.3 Å². The van der Waals surface area contributed by atoms with Gasteiger partial charge in [0.05, 0.1) is 0 Å². The molecular weight excluding hydrogens is 291 g/mol. The van der Waals surface area contributed by atoms with Crippen molar-refractivity contribution in [1.29, 1.82) is 0 Å². The van der Waals surface area contributed by atoms with Gasteiger partial charge in [0, 0.05) is 18.6 Å². The molecule has 0 fully saturated rings. The second-order valence-electron chi connectivity index (χ2n) is 5.32. The van der Waals surface area contributed by atoms with Gasteiger partial charge in [-0.2, -0.15) is 48.5 Å². The van der Waals surface area contributed by atoms with E-state index in [4.69, 9.17) is 0 Å². The van der Waals surface area contributed by atoms with Gasteiger partial charge in [0.25, 0.3) is 0 Å². The van der Waals surface area contributed by atoms with E-state index in [1.54, 1.807) is 0 Å². The van der Waals surface area contributed by atoms with Gasteiger partial charge in [-0.3, -0.25) is 0 Å². The Morgan fingerprint density at radius 3 is 1.38 bits per heavy atom. The van der Waals surface area contributed by atoms with Crippen molar-refractivity contribution in [2.45, 2.75) is 13.8 Å². The summed E-state index contributed by atoms with van der Waals surface area (Å²) in [6, 6.07) is 25.7. The molecule has 0 saturated heterocycles. The summed E-state index contributed by atoms with van der Waals surface area (Å²) >= 11 is 0. The third-order valence-corrected chi connectivity index (χ3v) is 3.52. The molecule has 4 rings (SSSR count). The number of aryl methyl sites for hydroxylation is 2. The Bertz CT molecular complexity index is 619. The summed E-state index contributed by atoms with van der Waals surface area (Å²) in [5.74, 6) is 0. The minimum atomic E-state index is 0. The molecule has 0 nitrogen and oxygen atoms in total. The van der Waals surface area contributed by atoms with Gasteiger partial charge in [0.2, 0.25) is 0 Å². The third kappa shape index (κ3) is 3.66. The molecule has 0 amide bonds. The number of hydrogen-bond donors (Lipinski definition) is 0. The van der Waals surface area contributed by atoms with Gasteiger partial charge < -0.3 is 0 Å². The van der Waals surface area contributed by atoms with Gasteiger partial charge in [0.1, 0.15) is 0 Å². The van der Waals surface area contributed by atoms with E-state index >= 15 is 0 Å². The minimum absolute atomic E-state index is 0. The molecular formula is C20H18V-2. The molecule has 0 aromatic carbocycles. The summed E-state index contributed by atoms with van der Waals surface area (Å²) in [5, 5.41) is 0. The van der Waals surface area contributed by atoms with Crippen LogP contribution < -0.4 is 0 Å². The van der Waals surface area contributed by atoms with Gasteiger partial charge in [0.15, 0.2) is 0 Å². The average Bonchev–Trinajstić information content (AvgIpc) is 2.99. The van der Waals surface area contributed by atoms with Crippen molar-refractivity contribution in [2.75, 3.05) is 0 Å². The van der Waals surface area contributed by atoms with Crippen molar-refractivity contribution in [1.82, 2.24) is 0 Å². The summed E-state index contributed by atoms with van der Waals surface area (Å²) in [6.07, 6.45) is 0. The van der Waals surface area contributed by atoms with E-state index in [-0.39, 0.29) is 18.6 Å². The van der Waals surface area contributed by atoms with Crippen LogP contribution in [0.4, 0.5) is 0 Å². The van der Waals surface area contributed by atoms with Crippen molar-refractivity contribution in [2.24, 2.45) is 0 Å². The van der Waals surface area contributed by atoms with Crippen LogP contribution in [-0.2, 0) is 18.6 Å². The molecule has 1 radical (unpaired) electrons. The van der Waals surface area contributed by atoms with E-state index in [1.165, 1.54) is 33.4 Å². The summed E-state index contributed by atoms with van der Waals surface area (Å²) in [6.45, 7) is 4.25. The molecule has 0 unspecified atom stereocenters. The molecule has 105 valence electrons. The van der Waals surface area contributed by atoms with Gasteiger partial charge in [-0.1, -0.05) is 23.3 Å². The Balaban J connectivity index is 0.000000147. The van der Waals surface area contributed by atoms with Crippen LogP contribution in [0.25, 0.3) is 22.3 Å². The van der Waals surface area contributed by atoms with E-state index in [1.807, 2.05) is 0 Å². The normalized spacial score (nSPS) is 10.0. The Hall–Kier alpha value is -1.76. The van der Waals surface area contributed by atoms with Crippen LogP contribution in [0.1, 0.15) is 11.1 Å². The SMILES string of the molecule is Cc1cc2cc[cH-]cc-2c1.Cc1cc2cc[cH-]cc-2c1.[V]. The molecule has 1 heteroatoms. The number of rotatable bonds is 0. The average molecular weight is 309 g/mol. The zero-order valence-electron chi connectivity index (χ0n) is 12.4. The van der Waals surface area contributed by atoms with Crippen molar-refractivity contribution in [3.05, 3.63) is 83.9 Å². The fraction of sp³-hybridized carbons (Fsp3) is 0.100. The van der Waals surface area contributed by atoms with Crippen LogP contribution in [-0.4, -0.2) is 0 Å². The minimum Gasteiger partial charge on any atom is -0.172 e. The Kier molecular flexibility index (Phi) is 5.06. The molecule has 0 aromatic heterocycles. The maximum absolute atomic E-state index is 2.20. The van der Waals surface area contributed by atoms with Gasteiger partial charge in [-0.15, -0.1) is 34.4 Å². The second-order valence-corrected chi connectivity index (χ2v) is 5.32. The Morgan fingerprint density at radius 2 is 1.00 bits per heavy atom. The fourth-order valence-electron chi connectivity index (χ4n) is 2.61. The quantitative estimate of drug-likeness (QED) is 0.369. The van der Waals surface area contributed by atoms with Crippen LogP contribution in [0.2, 0.25) is 0 Å².